The molecule has 0 saturated heterocycles. The lowest BCUT2D eigenvalue weighted by Crippen LogP contribution is -2.24. The van der Waals surface area contributed by atoms with Gasteiger partial charge in [-0.3, -0.25) is 15.0 Å². The highest BCUT2D eigenvalue weighted by Gasteiger charge is 2.08. The summed E-state index contributed by atoms with van der Waals surface area (Å²) in [5.74, 6) is 0. The molecule has 0 spiro atoms. The average Bonchev–Trinajstić information content (AvgIpc) is 2.80. The second-order valence-electron chi connectivity index (χ2n) is 8.15. The molecule has 0 radical (unpaired) electrons. The van der Waals surface area contributed by atoms with Crippen LogP contribution in [0.2, 0.25) is 0 Å². The largest absolute Gasteiger partial charge is 0.383 e. The van der Waals surface area contributed by atoms with Gasteiger partial charge in [-0.15, -0.1) is 0 Å². The third-order valence-corrected chi connectivity index (χ3v) is 5.08. The minimum absolute atomic E-state index is 0.648. The minimum Gasteiger partial charge on any atom is -0.383 e. The summed E-state index contributed by atoms with van der Waals surface area (Å²) in [4.78, 5) is 18.2. The first-order valence-corrected chi connectivity index (χ1v) is 10.9. The summed E-state index contributed by atoms with van der Waals surface area (Å²) in [5.41, 5.74) is 6.56. The van der Waals surface area contributed by atoms with E-state index in [1.165, 1.54) is 0 Å². The molecular weight excluding hydrogens is 398 g/mol. The Bertz CT molecular complexity index is 921. The summed E-state index contributed by atoms with van der Waals surface area (Å²) in [7, 11) is 1.73. The van der Waals surface area contributed by atoms with Gasteiger partial charge in [-0.2, -0.15) is 0 Å². The summed E-state index contributed by atoms with van der Waals surface area (Å²) in [6, 6.07) is 12.5. The Balaban J connectivity index is 1.77. The van der Waals surface area contributed by atoms with Crippen molar-refractivity contribution < 1.29 is 4.74 Å². The number of rotatable bonds is 11. The van der Waals surface area contributed by atoms with Gasteiger partial charge in [-0.05, 0) is 55.7 Å². The number of pyridine rings is 3. The van der Waals surface area contributed by atoms with Crippen molar-refractivity contribution in [3.63, 3.8) is 0 Å². The third-order valence-electron chi connectivity index (χ3n) is 5.08. The predicted molar refractivity (Wildman–Crippen MR) is 128 cm³/mol. The lowest BCUT2D eigenvalue weighted by atomic mass is 10.2. The minimum atomic E-state index is 0.648. The lowest BCUT2D eigenvalue weighted by molar-refractivity contribution is 0.165. The Hall–Kier alpha value is -3.25. The second-order valence-corrected chi connectivity index (χ2v) is 8.15. The Morgan fingerprint density at radius 3 is 1.44 bits per heavy atom. The van der Waals surface area contributed by atoms with Crippen LogP contribution in [0.4, 0.5) is 0 Å². The van der Waals surface area contributed by atoms with Crippen LogP contribution in [0, 0.1) is 20.8 Å². The molecule has 0 aliphatic heterocycles. The SMILES string of the molecule is COCCN(/C=C/N(Cc1ccc(C)cn1)Cc1ccc(C)cn1)Cc1ccc(C)cn1. The number of hydrogen-bond acceptors (Lipinski definition) is 6. The number of methoxy groups -OCH3 is 1. The second kappa shape index (κ2) is 12.0. The summed E-state index contributed by atoms with van der Waals surface area (Å²) in [6.07, 6.45) is 9.96. The zero-order chi connectivity index (χ0) is 22.8. The topological polar surface area (TPSA) is 54.4 Å². The van der Waals surface area contributed by atoms with E-state index in [4.69, 9.17) is 4.74 Å². The van der Waals surface area contributed by atoms with Gasteiger partial charge in [-0.1, -0.05) is 18.2 Å². The molecule has 3 rings (SSSR count). The van der Waals surface area contributed by atoms with Crippen LogP contribution in [-0.4, -0.2) is 45.0 Å². The predicted octanol–water partition coefficient (Wildman–Crippen LogP) is 4.42. The molecule has 0 fully saturated rings. The summed E-state index contributed by atoms with van der Waals surface area (Å²) in [5, 5.41) is 0. The number of ether oxygens (including phenoxy) is 1. The van der Waals surface area contributed by atoms with Crippen LogP contribution in [0.5, 0.6) is 0 Å². The van der Waals surface area contributed by atoms with Gasteiger partial charge in [0.05, 0.1) is 43.3 Å². The smallest absolute Gasteiger partial charge is 0.0637 e. The maximum absolute atomic E-state index is 5.32. The highest BCUT2D eigenvalue weighted by Crippen LogP contribution is 2.11. The molecule has 6 nitrogen and oxygen atoms in total. The molecule has 0 unspecified atom stereocenters. The summed E-state index contributed by atoms with van der Waals surface area (Å²) in [6.45, 7) is 9.71. The van der Waals surface area contributed by atoms with Crippen molar-refractivity contribution in [2.45, 2.75) is 40.4 Å². The monoisotopic (exact) mass is 431 g/mol. The van der Waals surface area contributed by atoms with Crippen molar-refractivity contribution >= 4 is 0 Å². The fraction of sp³-hybridized carbons (Fsp3) is 0.346. The molecule has 0 bridgehead atoms. The molecular formula is C26H33N5O. The standard InChI is InChI=1S/C26H33N5O/c1-21-5-8-24(27-15-21)18-30(13-14-32-4)11-12-31(19-25-9-6-22(2)16-28-25)20-26-10-7-23(3)17-29-26/h5-12,15-17H,13-14,18-20H2,1-4H3/b12-11+. The van der Waals surface area contributed by atoms with Crippen LogP contribution >= 0.6 is 0 Å². The van der Waals surface area contributed by atoms with Gasteiger partial charge in [-0.25, -0.2) is 0 Å². The van der Waals surface area contributed by atoms with Gasteiger partial charge in [0.25, 0.3) is 0 Å². The fourth-order valence-electron chi connectivity index (χ4n) is 3.16. The van der Waals surface area contributed by atoms with Crippen LogP contribution in [-0.2, 0) is 24.4 Å². The van der Waals surface area contributed by atoms with Crippen molar-refractivity contribution in [2.24, 2.45) is 0 Å². The van der Waals surface area contributed by atoms with E-state index >= 15 is 0 Å². The Kier molecular flexibility index (Phi) is 8.75. The van der Waals surface area contributed by atoms with Crippen molar-refractivity contribution in [3.8, 4) is 0 Å². The first-order chi connectivity index (χ1) is 15.5. The molecule has 0 atom stereocenters. The van der Waals surface area contributed by atoms with E-state index in [-0.39, 0.29) is 0 Å². The molecule has 0 saturated carbocycles. The molecule has 3 aromatic heterocycles. The maximum Gasteiger partial charge on any atom is 0.0637 e. The van der Waals surface area contributed by atoms with E-state index < -0.39 is 0 Å². The highest BCUT2D eigenvalue weighted by atomic mass is 16.5. The third kappa shape index (κ3) is 7.78. The molecule has 0 aliphatic carbocycles. The molecule has 3 aromatic rings. The van der Waals surface area contributed by atoms with Crippen LogP contribution in [0.25, 0.3) is 0 Å². The van der Waals surface area contributed by atoms with E-state index in [1.54, 1.807) is 7.11 Å². The Morgan fingerprint density at radius 1 is 0.656 bits per heavy atom. The normalized spacial score (nSPS) is 11.1. The van der Waals surface area contributed by atoms with E-state index in [1.807, 2.05) is 18.6 Å². The zero-order valence-corrected chi connectivity index (χ0v) is 19.5. The van der Waals surface area contributed by atoms with Crippen LogP contribution in [0.15, 0.2) is 67.4 Å². The van der Waals surface area contributed by atoms with Gasteiger partial charge in [0, 0.05) is 44.6 Å². The van der Waals surface area contributed by atoms with Crippen LogP contribution < -0.4 is 0 Å². The van der Waals surface area contributed by atoms with Gasteiger partial charge in [0.1, 0.15) is 0 Å². The van der Waals surface area contributed by atoms with Crippen molar-refractivity contribution in [3.05, 3.63) is 101 Å². The van der Waals surface area contributed by atoms with Crippen LogP contribution in [0.3, 0.4) is 0 Å². The van der Waals surface area contributed by atoms with Crippen molar-refractivity contribution in [1.29, 1.82) is 0 Å². The van der Waals surface area contributed by atoms with E-state index in [2.05, 4.69) is 94.3 Å². The van der Waals surface area contributed by atoms with Crippen LogP contribution in [0.1, 0.15) is 33.8 Å². The number of aromatic nitrogens is 3. The lowest BCUT2D eigenvalue weighted by Gasteiger charge is -2.24. The highest BCUT2D eigenvalue weighted by molar-refractivity contribution is 5.15. The average molecular weight is 432 g/mol. The van der Waals surface area contributed by atoms with Crippen molar-refractivity contribution in [1.82, 2.24) is 24.8 Å². The van der Waals surface area contributed by atoms with Gasteiger partial charge in [0.2, 0.25) is 0 Å². The molecule has 0 aromatic carbocycles. The molecule has 3 heterocycles. The van der Waals surface area contributed by atoms with Crippen molar-refractivity contribution in [2.75, 3.05) is 20.3 Å². The molecule has 168 valence electrons. The zero-order valence-electron chi connectivity index (χ0n) is 19.5. The summed E-state index contributed by atoms with van der Waals surface area (Å²) < 4.78 is 5.32. The number of nitrogens with zero attached hydrogens (tertiary/aromatic N) is 5. The number of aryl methyl sites for hydroxylation is 3. The molecule has 0 aliphatic rings. The Morgan fingerprint density at radius 2 is 1.06 bits per heavy atom. The summed E-state index contributed by atoms with van der Waals surface area (Å²) >= 11 is 0. The molecule has 32 heavy (non-hydrogen) atoms. The molecule has 0 amide bonds. The Labute approximate surface area is 191 Å². The first-order valence-electron chi connectivity index (χ1n) is 10.9. The molecule has 6 heteroatoms. The van der Waals surface area contributed by atoms with Gasteiger partial charge >= 0.3 is 0 Å². The quantitative estimate of drug-likeness (QED) is 0.448. The fourth-order valence-corrected chi connectivity index (χ4v) is 3.16. The number of hydrogen-bond donors (Lipinski definition) is 0. The van der Waals surface area contributed by atoms with E-state index in [0.717, 1.165) is 46.9 Å². The first kappa shape index (κ1) is 23.4. The van der Waals surface area contributed by atoms with E-state index in [0.29, 0.717) is 19.7 Å². The van der Waals surface area contributed by atoms with Gasteiger partial charge < -0.3 is 14.5 Å². The van der Waals surface area contributed by atoms with E-state index in [9.17, 15) is 0 Å². The maximum atomic E-state index is 5.32. The van der Waals surface area contributed by atoms with Gasteiger partial charge in [0.15, 0.2) is 0 Å². The molecule has 0 N–H and O–H groups in total.